The van der Waals surface area contributed by atoms with Gasteiger partial charge in [0, 0.05) is 13.1 Å². The first-order chi connectivity index (χ1) is 13.6. The Morgan fingerprint density at radius 2 is 1.18 bits per heavy atom. The molecule has 0 aromatic carbocycles. The summed E-state index contributed by atoms with van der Waals surface area (Å²) in [6, 6.07) is 0. The second-order valence-electron chi connectivity index (χ2n) is 10.9. The molecular weight excluding hydrogens is 340 g/mol. The van der Waals surface area contributed by atoms with Crippen LogP contribution in [0.5, 0.6) is 0 Å². The van der Waals surface area contributed by atoms with Crippen molar-refractivity contribution in [2.24, 2.45) is 35.5 Å². The van der Waals surface area contributed by atoms with Crippen LogP contribution in [0.3, 0.4) is 0 Å². The molecule has 0 aromatic rings. The van der Waals surface area contributed by atoms with Crippen molar-refractivity contribution in [3.05, 3.63) is 0 Å². The van der Waals surface area contributed by atoms with Crippen molar-refractivity contribution in [2.45, 2.75) is 91.9 Å². The standard InChI is InChI=1S/C26H50N2/c1-5-21(4)26-10-14-28(15-11-26)20-25-17-24(18-25)19-27-12-8-23(9-13-27)16-22(6-2)7-3/h21-26H,5-20H2,1-4H3. The van der Waals surface area contributed by atoms with Crippen molar-refractivity contribution in [1.82, 2.24) is 9.80 Å². The highest BCUT2D eigenvalue weighted by Gasteiger charge is 2.33. The van der Waals surface area contributed by atoms with Gasteiger partial charge in [0.15, 0.2) is 0 Å². The topological polar surface area (TPSA) is 6.48 Å². The maximum absolute atomic E-state index is 2.81. The van der Waals surface area contributed by atoms with Crippen LogP contribution in [-0.4, -0.2) is 49.1 Å². The molecule has 1 unspecified atom stereocenters. The molecule has 28 heavy (non-hydrogen) atoms. The van der Waals surface area contributed by atoms with Crippen LogP contribution < -0.4 is 0 Å². The van der Waals surface area contributed by atoms with Crippen molar-refractivity contribution in [1.29, 1.82) is 0 Å². The lowest BCUT2D eigenvalue weighted by Crippen LogP contribution is -2.45. The van der Waals surface area contributed by atoms with Crippen LogP contribution in [0, 0.1) is 35.5 Å². The van der Waals surface area contributed by atoms with Crippen LogP contribution >= 0.6 is 0 Å². The molecule has 2 saturated heterocycles. The van der Waals surface area contributed by atoms with Gasteiger partial charge in [-0.1, -0.05) is 47.0 Å². The number of hydrogen-bond donors (Lipinski definition) is 0. The second kappa shape index (κ2) is 11.3. The van der Waals surface area contributed by atoms with Gasteiger partial charge in [0.25, 0.3) is 0 Å². The first-order valence-electron chi connectivity index (χ1n) is 13.1. The van der Waals surface area contributed by atoms with E-state index >= 15 is 0 Å². The molecule has 0 aromatic heterocycles. The van der Waals surface area contributed by atoms with E-state index in [1.807, 2.05) is 0 Å². The average molecular weight is 391 g/mol. The summed E-state index contributed by atoms with van der Waals surface area (Å²) < 4.78 is 0. The molecule has 0 amide bonds. The van der Waals surface area contributed by atoms with Gasteiger partial charge in [0.1, 0.15) is 0 Å². The highest BCUT2D eigenvalue weighted by atomic mass is 15.1. The monoisotopic (exact) mass is 390 g/mol. The Labute approximate surface area is 176 Å². The van der Waals surface area contributed by atoms with E-state index in [-0.39, 0.29) is 0 Å². The van der Waals surface area contributed by atoms with Gasteiger partial charge in [-0.15, -0.1) is 0 Å². The predicted molar refractivity (Wildman–Crippen MR) is 123 cm³/mol. The van der Waals surface area contributed by atoms with Gasteiger partial charge in [-0.05, 0) is 107 Å². The van der Waals surface area contributed by atoms with Crippen LogP contribution in [0.15, 0.2) is 0 Å². The van der Waals surface area contributed by atoms with Crippen molar-refractivity contribution >= 4 is 0 Å². The molecule has 1 saturated carbocycles. The largest absolute Gasteiger partial charge is 0.303 e. The normalized spacial score (nSPS) is 29.9. The summed E-state index contributed by atoms with van der Waals surface area (Å²) >= 11 is 0. The highest BCUT2D eigenvalue weighted by Crippen LogP contribution is 2.37. The minimum absolute atomic E-state index is 0.939. The summed E-state index contributed by atoms with van der Waals surface area (Å²) in [5.41, 5.74) is 0. The summed E-state index contributed by atoms with van der Waals surface area (Å²) in [6.07, 6.45) is 14.5. The summed E-state index contributed by atoms with van der Waals surface area (Å²) in [4.78, 5) is 5.60. The van der Waals surface area contributed by atoms with Crippen molar-refractivity contribution < 1.29 is 0 Å². The zero-order valence-electron chi connectivity index (χ0n) is 19.7. The molecule has 3 aliphatic rings. The van der Waals surface area contributed by atoms with Gasteiger partial charge in [-0.25, -0.2) is 0 Å². The Bertz CT molecular complexity index is 410. The van der Waals surface area contributed by atoms with Crippen LogP contribution in [0.4, 0.5) is 0 Å². The molecule has 0 bridgehead atoms. The molecule has 2 heteroatoms. The average Bonchev–Trinajstić information content (AvgIpc) is 2.71. The van der Waals surface area contributed by atoms with Gasteiger partial charge in [0.2, 0.25) is 0 Å². The number of nitrogens with zero attached hydrogens (tertiary/aromatic N) is 2. The van der Waals surface area contributed by atoms with E-state index in [1.165, 1.54) is 103 Å². The molecular formula is C26H50N2. The molecule has 2 nitrogen and oxygen atoms in total. The zero-order chi connectivity index (χ0) is 19.9. The second-order valence-corrected chi connectivity index (χ2v) is 10.9. The van der Waals surface area contributed by atoms with Gasteiger partial charge < -0.3 is 9.80 Å². The van der Waals surface area contributed by atoms with E-state index < -0.39 is 0 Å². The third kappa shape index (κ3) is 6.46. The SMILES string of the molecule is CCC(CC)CC1CCN(CC2CC(CN3CCC(C(C)CC)CC3)C2)CC1. The van der Waals surface area contributed by atoms with E-state index in [2.05, 4.69) is 37.5 Å². The van der Waals surface area contributed by atoms with Crippen LogP contribution in [0.25, 0.3) is 0 Å². The molecule has 0 radical (unpaired) electrons. The molecule has 2 aliphatic heterocycles. The fourth-order valence-corrected chi connectivity index (χ4v) is 6.44. The van der Waals surface area contributed by atoms with Crippen molar-refractivity contribution in [2.75, 3.05) is 39.3 Å². The Kier molecular flexibility index (Phi) is 9.16. The van der Waals surface area contributed by atoms with Crippen LogP contribution in [0.1, 0.15) is 91.9 Å². The van der Waals surface area contributed by atoms with Crippen LogP contribution in [-0.2, 0) is 0 Å². The summed E-state index contributed by atoms with van der Waals surface area (Å²) in [5, 5.41) is 0. The Balaban J connectivity index is 1.25. The van der Waals surface area contributed by atoms with E-state index in [1.54, 1.807) is 0 Å². The third-order valence-electron chi connectivity index (χ3n) is 8.98. The number of hydrogen-bond acceptors (Lipinski definition) is 2. The Morgan fingerprint density at radius 3 is 1.64 bits per heavy atom. The summed E-state index contributed by atoms with van der Waals surface area (Å²) in [7, 11) is 0. The highest BCUT2D eigenvalue weighted by molar-refractivity contribution is 4.87. The maximum Gasteiger partial charge on any atom is 0.000988 e. The first kappa shape index (κ1) is 22.6. The van der Waals surface area contributed by atoms with Gasteiger partial charge in [-0.2, -0.15) is 0 Å². The van der Waals surface area contributed by atoms with Gasteiger partial charge in [-0.3, -0.25) is 0 Å². The quantitative estimate of drug-likeness (QED) is 0.431. The van der Waals surface area contributed by atoms with E-state index in [4.69, 9.17) is 0 Å². The lowest BCUT2D eigenvalue weighted by molar-refractivity contribution is 0.0585. The lowest BCUT2D eigenvalue weighted by Gasteiger charge is -2.44. The fourth-order valence-electron chi connectivity index (χ4n) is 6.44. The molecule has 0 N–H and O–H groups in total. The van der Waals surface area contributed by atoms with Gasteiger partial charge >= 0.3 is 0 Å². The predicted octanol–water partition coefficient (Wildman–Crippen LogP) is 6.31. The van der Waals surface area contributed by atoms with Crippen molar-refractivity contribution in [3.8, 4) is 0 Å². The van der Waals surface area contributed by atoms with Crippen LogP contribution in [0.2, 0.25) is 0 Å². The van der Waals surface area contributed by atoms with E-state index in [9.17, 15) is 0 Å². The number of rotatable bonds is 10. The molecule has 0 spiro atoms. The fraction of sp³-hybridized carbons (Fsp3) is 1.00. The third-order valence-corrected chi connectivity index (χ3v) is 8.98. The zero-order valence-corrected chi connectivity index (χ0v) is 19.7. The maximum atomic E-state index is 2.81. The van der Waals surface area contributed by atoms with Gasteiger partial charge in [0.05, 0.1) is 0 Å². The molecule has 164 valence electrons. The Morgan fingerprint density at radius 1 is 0.679 bits per heavy atom. The Hall–Kier alpha value is -0.0800. The van der Waals surface area contributed by atoms with E-state index in [0.29, 0.717) is 0 Å². The molecule has 2 heterocycles. The lowest BCUT2D eigenvalue weighted by atomic mass is 9.73. The molecule has 1 atom stereocenters. The molecule has 3 rings (SSSR count). The first-order valence-corrected chi connectivity index (χ1v) is 13.1. The minimum atomic E-state index is 0.939. The minimum Gasteiger partial charge on any atom is -0.303 e. The number of piperidine rings is 2. The summed E-state index contributed by atoms with van der Waals surface area (Å²) in [6.45, 7) is 17.9. The smallest absolute Gasteiger partial charge is 0.000988 e. The van der Waals surface area contributed by atoms with E-state index in [0.717, 1.165) is 35.5 Å². The number of likely N-dealkylation sites (tertiary alicyclic amines) is 2. The molecule has 1 aliphatic carbocycles. The van der Waals surface area contributed by atoms with Crippen molar-refractivity contribution in [3.63, 3.8) is 0 Å². The molecule has 3 fully saturated rings. The summed E-state index contributed by atoms with van der Waals surface area (Å²) in [5.74, 6) is 5.97.